The van der Waals surface area contributed by atoms with Crippen LogP contribution in [0.15, 0.2) is 45.3 Å². The lowest BCUT2D eigenvalue weighted by Crippen LogP contribution is -2.43. The first-order valence-corrected chi connectivity index (χ1v) is 32.6. The van der Waals surface area contributed by atoms with E-state index in [-0.39, 0.29) is 0 Å². The van der Waals surface area contributed by atoms with Crippen molar-refractivity contribution < 1.29 is 0 Å². The molecule has 0 radical (unpaired) electrons. The highest BCUT2D eigenvalue weighted by atomic mass is 127. The van der Waals surface area contributed by atoms with E-state index in [1.807, 2.05) is 0 Å². The summed E-state index contributed by atoms with van der Waals surface area (Å²) >= 11 is 9.60. The highest BCUT2D eigenvalue weighted by Gasteiger charge is 2.42. The molecule has 0 aliphatic carbocycles. The minimum Gasteiger partial charge on any atom is -0.135 e. The van der Waals surface area contributed by atoms with Crippen molar-refractivity contribution in [3.05, 3.63) is 65.6 Å². The molecule has 0 aliphatic heterocycles. The molecule has 0 atom stereocenters. The minimum absolute atomic E-state index is 0.658. The third-order valence-corrected chi connectivity index (χ3v) is 26.8. The predicted octanol–water partition coefficient (Wildman–Crippen LogP) is 15.4. The molecule has 0 spiro atoms. The Bertz CT molecular complexity index is 1610. The van der Waals surface area contributed by atoms with Crippen LogP contribution in [0.25, 0.3) is 0 Å². The number of hydrogen-bond donors (Lipinski definition) is 0. The molecular formula is C44H67Br2ISi4. The van der Waals surface area contributed by atoms with E-state index >= 15 is 0 Å². The van der Waals surface area contributed by atoms with Crippen molar-refractivity contribution in [3.8, 4) is 46.4 Å². The first-order valence-electron chi connectivity index (χ1n) is 18.5. The Morgan fingerprint density at radius 3 is 1.12 bits per heavy atom. The van der Waals surface area contributed by atoms with Crippen LogP contribution in [0.2, 0.25) is 72.5 Å². The molecule has 7 heteroatoms. The van der Waals surface area contributed by atoms with Crippen molar-refractivity contribution in [2.45, 2.75) is 156 Å². The van der Waals surface area contributed by atoms with Gasteiger partial charge in [-0.2, -0.15) is 0 Å². The molecule has 2 aromatic rings. The molecule has 51 heavy (non-hydrogen) atoms. The van der Waals surface area contributed by atoms with Gasteiger partial charge in [-0.1, -0.05) is 140 Å². The van der Waals surface area contributed by atoms with E-state index in [2.05, 4.69) is 253 Å². The number of benzene rings is 2. The molecule has 0 nitrogen and oxygen atoms in total. The Hall–Kier alpha value is -0.762. The summed E-state index contributed by atoms with van der Waals surface area (Å²) in [5.74, 6) is 10.3. The average molecular weight is 995 g/mol. The summed E-state index contributed by atoms with van der Waals surface area (Å²) in [6.07, 6.45) is 5.12. The lowest BCUT2D eigenvalue weighted by atomic mass is 10.1. The minimum atomic E-state index is -1.68. The number of terminal acetylenes is 1. The molecule has 0 aromatic heterocycles. The van der Waals surface area contributed by atoms with Gasteiger partial charge in [-0.05, 0) is 124 Å². The zero-order chi connectivity index (χ0) is 40.1. The number of halogens is 3. The van der Waals surface area contributed by atoms with Gasteiger partial charge in [-0.15, -0.1) is 28.6 Å². The van der Waals surface area contributed by atoms with Gasteiger partial charge in [0.2, 0.25) is 0 Å². The first-order chi connectivity index (χ1) is 23.2. The maximum absolute atomic E-state index is 5.12. The molecule has 0 heterocycles. The summed E-state index contributed by atoms with van der Waals surface area (Å²) in [4.78, 5) is 0. The second kappa shape index (κ2) is 22.0. The van der Waals surface area contributed by atoms with Crippen molar-refractivity contribution in [1.29, 1.82) is 0 Å². The number of rotatable bonds is 6. The van der Waals surface area contributed by atoms with Crippen LogP contribution in [0.5, 0.6) is 0 Å². The standard InChI is InChI=1S/C22H33BrSi2.C17H24BrISi.C5H10Si/c1-17(2)25(18(3)4,19(5)6)15-12-20-10-11-21(22(23)16-20)13-14-24(7,8)9;1-12(2)20(13(3)4,14(5)6)10-9-15-7-8-17(19)16(18)11-15;1-5-6(2,3)4/h10-11,16-19H,1-9H3;7-8,11-14H,1-6H3;1H,2-4H3. The lowest BCUT2D eigenvalue weighted by Gasteiger charge is -2.38. The highest BCUT2D eigenvalue weighted by Crippen LogP contribution is 2.42. The topological polar surface area (TPSA) is 0 Å². The van der Waals surface area contributed by atoms with Crippen LogP contribution in [-0.2, 0) is 0 Å². The number of hydrogen-bond acceptors (Lipinski definition) is 0. The molecule has 0 N–H and O–H groups in total. The van der Waals surface area contributed by atoms with Gasteiger partial charge in [0.1, 0.15) is 32.3 Å². The van der Waals surface area contributed by atoms with E-state index in [0.29, 0.717) is 33.2 Å². The zero-order valence-corrected chi connectivity index (χ0v) is 44.5. The van der Waals surface area contributed by atoms with Crippen molar-refractivity contribution in [2.75, 3.05) is 0 Å². The fraction of sp³-hybridized carbons (Fsp3) is 0.545. The van der Waals surface area contributed by atoms with Gasteiger partial charge in [0.05, 0.1) is 0 Å². The second-order valence-electron chi connectivity index (χ2n) is 17.5. The lowest BCUT2D eigenvalue weighted by molar-refractivity contribution is 0.838. The molecular weight excluding hydrogens is 928 g/mol. The van der Waals surface area contributed by atoms with Crippen LogP contribution in [0.3, 0.4) is 0 Å². The fourth-order valence-electron chi connectivity index (χ4n) is 6.75. The van der Waals surface area contributed by atoms with Crippen LogP contribution >= 0.6 is 54.5 Å². The summed E-state index contributed by atoms with van der Waals surface area (Å²) in [6.45, 7) is 41.5. The van der Waals surface area contributed by atoms with E-state index < -0.39 is 32.3 Å². The Kier molecular flexibility index (Phi) is 21.6. The van der Waals surface area contributed by atoms with Gasteiger partial charge in [-0.3, -0.25) is 0 Å². The van der Waals surface area contributed by atoms with Gasteiger partial charge >= 0.3 is 0 Å². The van der Waals surface area contributed by atoms with Crippen molar-refractivity contribution in [2.24, 2.45) is 0 Å². The molecule has 0 fully saturated rings. The zero-order valence-electron chi connectivity index (χ0n) is 35.1. The highest BCUT2D eigenvalue weighted by molar-refractivity contribution is 14.1. The van der Waals surface area contributed by atoms with E-state index in [4.69, 9.17) is 6.42 Å². The van der Waals surface area contributed by atoms with E-state index in [9.17, 15) is 0 Å². The Balaban J connectivity index is 0.000000859. The van der Waals surface area contributed by atoms with Gasteiger partial charge in [-0.25, -0.2) is 0 Å². The largest absolute Gasteiger partial charge is 0.146 e. The second-order valence-corrected chi connectivity index (χ2v) is 41.1. The summed E-state index contributed by atoms with van der Waals surface area (Å²) in [5.41, 5.74) is 21.0. The maximum atomic E-state index is 5.12. The molecule has 0 bridgehead atoms. The summed E-state index contributed by atoms with van der Waals surface area (Å²) in [6, 6.07) is 12.7. The fourth-order valence-corrected chi connectivity index (χ4v) is 18.9. The van der Waals surface area contributed by atoms with Crippen LogP contribution in [-0.4, -0.2) is 32.3 Å². The van der Waals surface area contributed by atoms with Crippen molar-refractivity contribution >= 4 is 86.7 Å². The average Bonchev–Trinajstić information content (AvgIpc) is 2.98. The quantitative estimate of drug-likeness (QED) is 0.154. The molecule has 0 saturated carbocycles. The van der Waals surface area contributed by atoms with E-state index in [1.54, 1.807) is 0 Å². The third-order valence-electron chi connectivity index (χ3n) is 9.47. The first kappa shape index (κ1) is 50.2. The molecule has 2 aromatic carbocycles. The van der Waals surface area contributed by atoms with Crippen LogP contribution in [0.4, 0.5) is 0 Å². The van der Waals surface area contributed by atoms with Crippen molar-refractivity contribution in [1.82, 2.24) is 0 Å². The molecule has 2 rings (SSSR count). The molecule has 0 saturated heterocycles. The predicted molar refractivity (Wildman–Crippen MR) is 259 cm³/mol. The van der Waals surface area contributed by atoms with Crippen LogP contribution in [0.1, 0.15) is 99.8 Å². The molecule has 0 aliphatic rings. The summed E-state index contributed by atoms with van der Waals surface area (Å²) in [5, 5.41) is 0. The smallest absolute Gasteiger partial charge is 0.135 e. The Morgan fingerprint density at radius 1 is 0.510 bits per heavy atom. The third kappa shape index (κ3) is 16.2. The normalized spacial score (nSPS) is 11.8. The molecule has 280 valence electrons. The maximum Gasteiger partial charge on any atom is 0.146 e. The Morgan fingerprint density at radius 2 is 0.843 bits per heavy atom. The van der Waals surface area contributed by atoms with Gasteiger partial charge in [0.25, 0.3) is 0 Å². The SMILES string of the molecule is C#C[Si](C)(C)C.CC(C)[Si](C#Cc1ccc(C#C[Si](C)(C)C)c(Br)c1)(C(C)C)C(C)C.CC(C)[Si](C#Cc1ccc(I)c(Br)c1)(C(C)C)C(C)C. The van der Waals surface area contributed by atoms with Gasteiger partial charge in [0, 0.05) is 29.2 Å². The summed E-state index contributed by atoms with van der Waals surface area (Å²) < 4.78 is 3.42. The monoisotopic (exact) mass is 992 g/mol. The van der Waals surface area contributed by atoms with Gasteiger partial charge < -0.3 is 0 Å². The van der Waals surface area contributed by atoms with Crippen LogP contribution in [0, 0.1) is 49.9 Å². The molecule has 0 unspecified atom stereocenters. The summed E-state index contributed by atoms with van der Waals surface area (Å²) in [7, 11) is -5.76. The van der Waals surface area contributed by atoms with Gasteiger partial charge in [0.15, 0.2) is 0 Å². The van der Waals surface area contributed by atoms with Crippen molar-refractivity contribution in [3.63, 3.8) is 0 Å². The van der Waals surface area contributed by atoms with Crippen LogP contribution < -0.4 is 0 Å². The molecule has 0 amide bonds. The Labute approximate surface area is 351 Å². The van der Waals surface area contributed by atoms with E-state index in [0.717, 1.165) is 25.6 Å². The van der Waals surface area contributed by atoms with E-state index in [1.165, 1.54) is 3.57 Å².